The van der Waals surface area contributed by atoms with Gasteiger partial charge in [0.15, 0.2) is 6.61 Å². The van der Waals surface area contributed by atoms with Crippen LogP contribution < -0.4 is 10.1 Å². The molecule has 1 saturated carbocycles. The number of rotatable bonds is 8. The van der Waals surface area contributed by atoms with E-state index in [0.29, 0.717) is 21.4 Å². The molecular weight excluding hydrogens is 447 g/mol. The van der Waals surface area contributed by atoms with Gasteiger partial charge in [-0.1, -0.05) is 59.8 Å². The van der Waals surface area contributed by atoms with Crippen LogP contribution in [-0.4, -0.2) is 35.4 Å². The lowest BCUT2D eigenvalue weighted by molar-refractivity contribution is -0.142. The molecule has 7 heteroatoms. The van der Waals surface area contributed by atoms with E-state index in [2.05, 4.69) is 5.32 Å². The predicted molar refractivity (Wildman–Crippen MR) is 128 cm³/mol. The molecule has 32 heavy (non-hydrogen) atoms. The first-order valence-electron chi connectivity index (χ1n) is 11.0. The molecule has 1 fully saturated rings. The number of benzene rings is 2. The number of amides is 2. The summed E-state index contributed by atoms with van der Waals surface area (Å²) in [5, 5.41) is 3.98. The van der Waals surface area contributed by atoms with Gasteiger partial charge in [0.1, 0.15) is 11.8 Å². The minimum absolute atomic E-state index is 0.118. The van der Waals surface area contributed by atoms with Gasteiger partial charge in [0.2, 0.25) is 5.91 Å². The zero-order valence-corrected chi connectivity index (χ0v) is 20.3. The summed E-state index contributed by atoms with van der Waals surface area (Å²) in [7, 11) is 0. The van der Waals surface area contributed by atoms with Crippen LogP contribution in [0.4, 0.5) is 0 Å². The second kappa shape index (κ2) is 11.1. The number of nitrogens with zero attached hydrogens (tertiary/aromatic N) is 1. The van der Waals surface area contributed by atoms with Crippen LogP contribution in [0.1, 0.15) is 49.3 Å². The van der Waals surface area contributed by atoms with Crippen LogP contribution in [-0.2, 0) is 16.1 Å². The first-order chi connectivity index (χ1) is 15.3. The molecule has 0 aliphatic heterocycles. The summed E-state index contributed by atoms with van der Waals surface area (Å²) in [5.74, 6) is 0.151. The van der Waals surface area contributed by atoms with E-state index in [-0.39, 0.29) is 31.0 Å². The van der Waals surface area contributed by atoms with E-state index in [1.54, 1.807) is 25.1 Å². The van der Waals surface area contributed by atoms with Gasteiger partial charge in [-0.2, -0.15) is 0 Å². The Kier molecular flexibility index (Phi) is 8.44. The van der Waals surface area contributed by atoms with Gasteiger partial charge in [0.25, 0.3) is 5.91 Å². The van der Waals surface area contributed by atoms with Crippen LogP contribution >= 0.6 is 23.2 Å². The Labute approximate surface area is 200 Å². The normalized spacial score (nSPS) is 14.8. The Bertz CT molecular complexity index is 953. The lowest BCUT2D eigenvalue weighted by Gasteiger charge is -2.30. The molecule has 172 valence electrons. The van der Waals surface area contributed by atoms with Gasteiger partial charge in [0, 0.05) is 28.2 Å². The molecule has 1 aliphatic carbocycles. The highest BCUT2D eigenvalue weighted by Gasteiger charge is 2.29. The van der Waals surface area contributed by atoms with Crippen molar-refractivity contribution in [1.82, 2.24) is 10.2 Å². The Balaban J connectivity index is 1.78. The lowest BCUT2D eigenvalue weighted by atomic mass is 10.1. The van der Waals surface area contributed by atoms with E-state index in [0.717, 1.165) is 36.8 Å². The topological polar surface area (TPSA) is 58.6 Å². The van der Waals surface area contributed by atoms with Crippen molar-refractivity contribution >= 4 is 35.0 Å². The minimum atomic E-state index is -0.696. The minimum Gasteiger partial charge on any atom is -0.483 e. The first kappa shape index (κ1) is 24.4. The fraction of sp³-hybridized carbons (Fsp3) is 0.440. The summed E-state index contributed by atoms with van der Waals surface area (Å²) in [6.07, 6.45) is 4.17. The van der Waals surface area contributed by atoms with Crippen molar-refractivity contribution in [3.05, 3.63) is 63.1 Å². The number of halogens is 2. The van der Waals surface area contributed by atoms with Gasteiger partial charge in [-0.25, -0.2) is 0 Å². The van der Waals surface area contributed by atoms with Crippen molar-refractivity contribution in [2.24, 2.45) is 0 Å². The summed E-state index contributed by atoms with van der Waals surface area (Å²) >= 11 is 12.7. The lowest BCUT2D eigenvalue weighted by Crippen LogP contribution is -2.50. The first-order valence-corrected chi connectivity index (χ1v) is 11.7. The van der Waals surface area contributed by atoms with E-state index in [9.17, 15) is 9.59 Å². The zero-order chi connectivity index (χ0) is 23.3. The Morgan fingerprint density at radius 3 is 2.41 bits per heavy atom. The highest BCUT2D eigenvalue weighted by Crippen LogP contribution is 2.27. The quantitative estimate of drug-likeness (QED) is 0.549. The van der Waals surface area contributed by atoms with Crippen LogP contribution in [0.3, 0.4) is 0 Å². The summed E-state index contributed by atoms with van der Waals surface area (Å²) < 4.78 is 5.81. The molecule has 2 aromatic carbocycles. The monoisotopic (exact) mass is 476 g/mol. The highest BCUT2D eigenvalue weighted by molar-refractivity contribution is 6.36. The van der Waals surface area contributed by atoms with E-state index in [4.69, 9.17) is 27.9 Å². The van der Waals surface area contributed by atoms with E-state index in [1.807, 2.05) is 32.0 Å². The standard InChI is InChI=1S/C25H30Cl2N2O3/c1-16-11-12-23(17(2)13-16)32-15-24(30)29(14-20-21(26)9-6-10-22(20)27)18(3)25(31)28-19-7-4-5-8-19/h6,9-13,18-19H,4-5,7-8,14-15H2,1-3H3,(H,28,31)/t18-/m0/s1. The second-order valence-electron chi connectivity index (χ2n) is 8.45. The SMILES string of the molecule is Cc1ccc(OCC(=O)N(Cc2c(Cl)cccc2Cl)[C@@H](C)C(=O)NC2CCCC2)c(C)c1. The second-order valence-corrected chi connectivity index (χ2v) is 9.26. The highest BCUT2D eigenvalue weighted by atomic mass is 35.5. The van der Waals surface area contributed by atoms with Crippen molar-refractivity contribution in [2.75, 3.05) is 6.61 Å². The fourth-order valence-corrected chi connectivity index (χ4v) is 4.53. The zero-order valence-electron chi connectivity index (χ0n) is 18.8. The van der Waals surface area contributed by atoms with Gasteiger partial charge < -0.3 is 15.0 Å². The maximum absolute atomic E-state index is 13.2. The molecule has 2 amide bonds. The third-order valence-electron chi connectivity index (χ3n) is 5.94. The van der Waals surface area contributed by atoms with Gasteiger partial charge >= 0.3 is 0 Å². The molecule has 0 heterocycles. The molecular formula is C25H30Cl2N2O3. The molecule has 3 rings (SSSR count). The van der Waals surface area contributed by atoms with Crippen molar-refractivity contribution in [3.63, 3.8) is 0 Å². The van der Waals surface area contributed by atoms with Crippen LogP contribution in [0.15, 0.2) is 36.4 Å². The number of carbonyl (C=O) groups is 2. The van der Waals surface area contributed by atoms with E-state index in [1.165, 1.54) is 4.90 Å². The Morgan fingerprint density at radius 2 is 1.78 bits per heavy atom. The number of hydrogen-bond donors (Lipinski definition) is 1. The van der Waals surface area contributed by atoms with Gasteiger partial charge in [-0.05, 0) is 57.4 Å². The average Bonchev–Trinajstić information content (AvgIpc) is 3.25. The third kappa shape index (κ3) is 6.17. The van der Waals surface area contributed by atoms with E-state index >= 15 is 0 Å². The predicted octanol–water partition coefficient (Wildman–Crippen LogP) is 5.47. The average molecular weight is 477 g/mol. The molecule has 0 bridgehead atoms. The number of aryl methyl sites for hydroxylation is 2. The smallest absolute Gasteiger partial charge is 0.261 e. The molecule has 5 nitrogen and oxygen atoms in total. The summed E-state index contributed by atoms with van der Waals surface area (Å²) in [6.45, 7) is 5.59. The molecule has 2 aromatic rings. The van der Waals surface area contributed by atoms with Crippen molar-refractivity contribution in [2.45, 2.75) is 65.1 Å². The molecule has 0 radical (unpaired) electrons. The Hall–Kier alpha value is -2.24. The number of carbonyl (C=O) groups excluding carboxylic acids is 2. The molecule has 0 unspecified atom stereocenters. The molecule has 0 saturated heterocycles. The van der Waals surface area contributed by atoms with Crippen LogP contribution in [0, 0.1) is 13.8 Å². The van der Waals surface area contributed by atoms with Crippen LogP contribution in [0.5, 0.6) is 5.75 Å². The van der Waals surface area contributed by atoms with E-state index < -0.39 is 6.04 Å². The molecule has 1 aliphatic rings. The maximum Gasteiger partial charge on any atom is 0.261 e. The van der Waals surface area contributed by atoms with Crippen molar-refractivity contribution < 1.29 is 14.3 Å². The number of hydrogen-bond acceptors (Lipinski definition) is 3. The molecule has 0 aromatic heterocycles. The molecule has 1 N–H and O–H groups in total. The maximum atomic E-state index is 13.2. The Morgan fingerprint density at radius 1 is 1.12 bits per heavy atom. The molecule has 1 atom stereocenters. The van der Waals surface area contributed by atoms with Gasteiger partial charge in [-0.15, -0.1) is 0 Å². The van der Waals surface area contributed by atoms with Gasteiger partial charge in [-0.3, -0.25) is 9.59 Å². The summed E-state index contributed by atoms with van der Waals surface area (Å²) in [4.78, 5) is 27.7. The summed E-state index contributed by atoms with van der Waals surface area (Å²) in [6, 6.07) is 10.4. The largest absolute Gasteiger partial charge is 0.483 e. The molecule has 0 spiro atoms. The van der Waals surface area contributed by atoms with Crippen molar-refractivity contribution in [3.8, 4) is 5.75 Å². The van der Waals surface area contributed by atoms with Crippen molar-refractivity contribution in [1.29, 1.82) is 0 Å². The summed E-state index contributed by atoms with van der Waals surface area (Å²) in [5.41, 5.74) is 2.68. The number of ether oxygens (including phenoxy) is 1. The third-order valence-corrected chi connectivity index (χ3v) is 6.65. The fourth-order valence-electron chi connectivity index (χ4n) is 4.01. The number of nitrogens with one attached hydrogen (secondary N) is 1. The van der Waals surface area contributed by atoms with Crippen LogP contribution in [0.2, 0.25) is 10.0 Å². The van der Waals surface area contributed by atoms with Crippen LogP contribution in [0.25, 0.3) is 0 Å². The van der Waals surface area contributed by atoms with Gasteiger partial charge in [0.05, 0.1) is 0 Å².